The maximum Gasteiger partial charge on any atom is 0.337 e. The highest BCUT2D eigenvalue weighted by Gasteiger charge is 2.15. The quantitative estimate of drug-likeness (QED) is 0.840. The maximum atomic E-state index is 12.1. The molecule has 0 fully saturated rings. The molecule has 2 aromatic carbocycles. The molecule has 0 bridgehead atoms. The lowest BCUT2D eigenvalue weighted by atomic mass is 10.1. The largest absolute Gasteiger partial charge is 0.483 e. The Bertz CT molecular complexity index is 817. The van der Waals surface area contributed by atoms with Crippen LogP contribution in [0.1, 0.15) is 15.9 Å². The Morgan fingerprint density at radius 2 is 1.92 bits per heavy atom. The van der Waals surface area contributed by atoms with Crippen molar-refractivity contribution in [3.63, 3.8) is 0 Å². The van der Waals surface area contributed by atoms with Gasteiger partial charge < -0.3 is 24.3 Å². The van der Waals surface area contributed by atoms with Gasteiger partial charge in [-0.3, -0.25) is 4.79 Å². The minimum absolute atomic E-state index is 0.172. The number of ether oxygens (including phenoxy) is 4. The summed E-state index contributed by atoms with van der Waals surface area (Å²) in [7, 11) is 1.31. The summed E-state index contributed by atoms with van der Waals surface area (Å²) in [5.74, 6) is 0.880. The minimum Gasteiger partial charge on any atom is -0.483 e. The fourth-order valence-electron chi connectivity index (χ4n) is 2.32. The van der Waals surface area contributed by atoms with Gasteiger partial charge in [0.15, 0.2) is 18.1 Å². The van der Waals surface area contributed by atoms with Crippen LogP contribution in [0.3, 0.4) is 0 Å². The van der Waals surface area contributed by atoms with Gasteiger partial charge in [-0.25, -0.2) is 4.79 Å². The lowest BCUT2D eigenvalue weighted by Crippen LogP contribution is -2.20. The average Bonchev–Trinajstić information content (AvgIpc) is 3.08. The van der Waals surface area contributed by atoms with Crippen molar-refractivity contribution in [1.29, 1.82) is 0 Å². The molecule has 1 amide bonds. The lowest BCUT2D eigenvalue weighted by molar-refractivity contribution is -0.118. The van der Waals surface area contributed by atoms with E-state index in [4.69, 9.17) is 14.2 Å². The van der Waals surface area contributed by atoms with E-state index in [0.717, 1.165) is 5.56 Å². The van der Waals surface area contributed by atoms with Crippen molar-refractivity contribution in [1.82, 2.24) is 0 Å². The summed E-state index contributed by atoms with van der Waals surface area (Å²) < 4.78 is 20.7. The number of carbonyl (C=O) groups is 2. The predicted octanol–water partition coefficient (Wildman–Crippen LogP) is 2.53. The van der Waals surface area contributed by atoms with Crippen LogP contribution in [0, 0.1) is 6.92 Å². The summed E-state index contributed by atoms with van der Waals surface area (Å²) in [6.07, 6.45) is 0. The Kier molecular flexibility index (Phi) is 4.74. The van der Waals surface area contributed by atoms with Gasteiger partial charge in [-0.1, -0.05) is 6.07 Å². The summed E-state index contributed by atoms with van der Waals surface area (Å²) in [4.78, 5) is 23.6. The summed E-state index contributed by atoms with van der Waals surface area (Å²) in [5.41, 5.74) is 1.75. The molecule has 2 aromatic rings. The number of methoxy groups -OCH3 is 1. The number of rotatable bonds is 5. The number of hydrogen-bond donors (Lipinski definition) is 1. The smallest absolute Gasteiger partial charge is 0.337 e. The Morgan fingerprint density at radius 1 is 1.12 bits per heavy atom. The number of esters is 1. The molecule has 0 aromatic heterocycles. The molecule has 3 rings (SSSR count). The Balaban J connectivity index is 1.61. The van der Waals surface area contributed by atoms with E-state index in [1.54, 1.807) is 36.4 Å². The second kappa shape index (κ2) is 7.12. The highest BCUT2D eigenvalue weighted by molar-refractivity contribution is 5.92. The molecule has 0 aliphatic carbocycles. The molecule has 130 valence electrons. The molecule has 0 saturated heterocycles. The number of amides is 1. The van der Waals surface area contributed by atoms with E-state index in [0.29, 0.717) is 28.5 Å². The third kappa shape index (κ3) is 3.82. The standard InChI is InChI=1S/C18H17NO6/c1-11-3-4-12(18(21)22-2)7-15(11)23-9-17(20)19-13-5-6-14-16(8-13)25-10-24-14/h3-8H,9-10H2,1-2H3,(H,19,20). The summed E-state index contributed by atoms with van der Waals surface area (Å²) >= 11 is 0. The third-order valence-corrected chi connectivity index (χ3v) is 3.62. The minimum atomic E-state index is -0.463. The molecule has 1 N–H and O–H groups in total. The van der Waals surface area contributed by atoms with Crippen LogP contribution in [0.5, 0.6) is 17.2 Å². The van der Waals surface area contributed by atoms with Crippen molar-refractivity contribution in [2.45, 2.75) is 6.92 Å². The molecule has 0 radical (unpaired) electrons. The number of benzene rings is 2. The van der Waals surface area contributed by atoms with Crippen LogP contribution in [0.4, 0.5) is 5.69 Å². The first kappa shape index (κ1) is 16.6. The normalized spacial score (nSPS) is 11.8. The van der Waals surface area contributed by atoms with Crippen molar-refractivity contribution < 1.29 is 28.5 Å². The molecule has 7 nitrogen and oxygen atoms in total. The number of fused-ring (bicyclic) bond motifs is 1. The van der Waals surface area contributed by atoms with Crippen molar-refractivity contribution in [3.05, 3.63) is 47.5 Å². The van der Waals surface area contributed by atoms with E-state index < -0.39 is 5.97 Å². The summed E-state index contributed by atoms with van der Waals surface area (Å²) in [6, 6.07) is 10.0. The van der Waals surface area contributed by atoms with Gasteiger partial charge in [0.2, 0.25) is 6.79 Å². The van der Waals surface area contributed by atoms with Crippen molar-refractivity contribution >= 4 is 17.6 Å². The monoisotopic (exact) mass is 343 g/mol. The first-order valence-corrected chi connectivity index (χ1v) is 7.58. The van der Waals surface area contributed by atoms with E-state index >= 15 is 0 Å². The summed E-state index contributed by atoms with van der Waals surface area (Å²) in [5, 5.41) is 2.72. The summed E-state index contributed by atoms with van der Waals surface area (Å²) in [6.45, 7) is 1.80. The van der Waals surface area contributed by atoms with Crippen LogP contribution in [-0.2, 0) is 9.53 Å². The molecule has 1 heterocycles. The van der Waals surface area contributed by atoms with Crippen LogP contribution in [0.2, 0.25) is 0 Å². The Morgan fingerprint density at radius 3 is 2.72 bits per heavy atom. The van der Waals surface area contributed by atoms with Crippen molar-refractivity contribution in [2.75, 3.05) is 25.8 Å². The average molecular weight is 343 g/mol. The van der Waals surface area contributed by atoms with Gasteiger partial charge in [0, 0.05) is 11.8 Å². The van der Waals surface area contributed by atoms with Gasteiger partial charge >= 0.3 is 5.97 Å². The van der Waals surface area contributed by atoms with E-state index in [1.165, 1.54) is 7.11 Å². The van der Waals surface area contributed by atoms with Crippen LogP contribution in [0.25, 0.3) is 0 Å². The predicted molar refractivity (Wildman–Crippen MR) is 89.2 cm³/mol. The molecular weight excluding hydrogens is 326 g/mol. The second-order valence-corrected chi connectivity index (χ2v) is 5.38. The lowest BCUT2D eigenvalue weighted by Gasteiger charge is -2.11. The zero-order valence-electron chi connectivity index (χ0n) is 13.8. The fourth-order valence-corrected chi connectivity index (χ4v) is 2.32. The SMILES string of the molecule is COC(=O)c1ccc(C)c(OCC(=O)Nc2ccc3c(c2)OCO3)c1. The maximum absolute atomic E-state index is 12.1. The molecule has 0 spiro atoms. The van der Waals surface area contributed by atoms with Crippen LogP contribution in [0.15, 0.2) is 36.4 Å². The van der Waals surface area contributed by atoms with E-state index in [9.17, 15) is 9.59 Å². The van der Waals surface area contributed by atoms with Gasteiger partial charge in [-0.15, -0.1) is 0 Å². The molecule has 0 atom stereocenters. The van der Waals surface area contributed by atoms with E-state index in [1.807, 2.05) is 6.92 Å². The fraction of sp³-hybridized carbons (Fsp3) is 0.222. The molecule has 7 heteroatoms. The number of aryl methyl sites for hydroxylation is 1. The van der Waals surface area contributed by atoms with Crippen LogP contribution in [-0.4, -0.2) is 32.4 Å². The highest BCUT2D eigenvalue weighted by atomic mass is 16.7. The molecule has 1 aliphatic rings. The third-order valence-electron chi connectivity index (χ3n) is 3.62. The highest BCUT2D eigenvalue weighted by Crippen LogP contribution is 2.34. The molecule has 1 aliphatic heterocycles. The van der Waals surface area contributed by atoms with Gasteiger partial charge in [-0.05, 0) is 36.8 Å². The number of anilines is 1. The molecular formula is C18H17NO6. The van der Waals surface area contributed by atoms with Crippen molar-refractivity contribution in [2.24, 2.45) is 0 Å². The number of hydrogen-bond acceptors (Lipinski definition) is 6. The molecule has 0 saturated carbocycles. The van der Waals surface area contributed by atoms with Gasteiger partial charge in [0.1, 0.15) is 5.75 Å². The Hall–Kier alpha value is -3.22. The molecule has 0 unspecified atom stereocenters. The van der Waals surface area contributed by atoms with E-state index in [2.05, 4.69) is 10.1 Å². The topological polar surface area (TPSA) is 83.1 Å². The zero-order chi connectivity index (χ0) is 17.8. The number of carbonyl (C=O) groups excluding carboxylic acids is 2. The van der Waals surface area contributed by atoms with Gasteiger partial charge in [0.25, 0.3) is 5.91 Å². The van der Waals surface area contributed by atoms with Gasteiger partial charge in [-0.2, -0.15) is 0 Å². The molecule has 25 heavy (non-hydrogen) atoms. The van der Waals surface area contributed by atoms with Gasteiger partial charge in [0.05, 0.1) is 12.7 Å². The van der Waals surface area contributed by atoms with Crippen LogP contribution < -0.4 is 19.5 Å². The van der Waals surface area contributed by atoms with E-state index in [-0.39, 0.29) is 19.3 Å². The van der Waals surface area contributed by atoms with Crippen LogP contribution >= 0.6 is 0 Å². The number of nitrogens with one attached hydrogen (secondary N) is 1. The first-order valence-electron chi connectivity index (χ1n) is 7.58. The first-order chi connectivity index (χ1) is 12.1. The van der Waals surface area contributed by atoms with Crippen molar-refractivity contribution in [3.8, 4) is 17.2 Å². The Labute approximate surface area is 144 Å². The second-order valence-electron chi connectivity index (χ2n) is 5.38. The zero-order valence-corrected chi connectivity index (χ0v) is 13.8.